The van der Waals surface area contributed by atoms with Gasteiger partial charge < -0.3 is 19.5 Å². The standard InChI is InChI=1S/C19H24N4O4/c1-14(7-8-15-5-3-2-4-6-15)20-18(25)19-21-16(22-27-19)13-17(24)23-9-11-26-12-10-23/h2-6,14H,7-13H2,1H3,(H,20,25)/t14-/m1/s1. The van der Waals surface area contributed by atoms with Crippen molar-refractivity contribution in [2.45, 2.75) is 32.2 Å². The van der Waals surface area contributed by atoms with Crippen LogP contribution in [-0.4, -0.2) is 59.2 Å². The number of aromatic nitrogens is 2. The highest BCUT2D eigenvalue weighted by atomic mass is 16.5. The van der Waals surface area contributed by atoms with E-state index >= 15 is 0 Å². The second-order valence-corrected chi connectivity index (χ2v) is 6.58. The molecule has 1 aromatic carbocycles. The topological polar surface area (TPSA) is 97.6 Å². The average molecular weight is 372 g/mol. The van der Waals surface area contributed by atoms with E-state index < -0.39 is 5.91 Å². The first-order valence-electron chi connectivity index (χ1n) is 9.14. The maximum atomic E-state index is 12.2. The summed E-state index contributed by atoms with van der Waals surface area (Å²) in [6.07, 6.45) is 1.68. The Balaban J connectivity index is 1.46. The summed E-state index contributed by atoms with van der Waals surface area (Å²) in [5.74, 6) is -0.421. The SMILES string of the molecule is C[C@H](CCc1ccccc1)NC(=O)c1nc(CC(=O)N2CCOCC2)no1. The van der Waals surface area contributed by atoms with Crippen LogP contribution in [0.2, 0.25) is 0 Å². The van der Waals surface area contributed by atoms with Crippen LogP contribution in [0.4, 0.5) is 0 Å². The highest BCUT2D eigenvalue weighted by Crippen LogP contribution is 2.07. The Hall–Kier alpha value is -2.74. The molecule has 1 atom stereocenters. The van der Waals surface area contributed by atoms with Crippen LogP contribution in [0.5, 0.6) is 0 Å². The van der Waals surface area contributed by atoms with Gasteiger partial charge in [-0.25, -0.2) is 0 Å². The summed E-state index contributed by atoms with van der Waals surface area (Å²) >= 11 is 0. The normalized spacial score (nSPS) is 15.4. The van der Waals surface area contributed by atoms with E-state index in [0.29, 0.717) is 26.3 Å². The molecule has 0 unspecified atom stereocenters. The molecule has 8 heteroatoms. The van der Waals surface area contributed by atoms with Crippen molar-refractivity contribution in [1.82, 2.24) is 20.4 Å². The van der Waals surface area contributed by atoms with E-state index in [1.165, 1.54) is 5.56 Å². The maximum absolute atomic E-state index is 12.2. The summed E-state index contributed by atoms with van der Waals surface area (Å²) in [6.45, 7) is 4.12. The Bertz CT molecular complexity index is 756. The van der Waals surface area contributed by atoms with Gasteiger partial charge in [-0.15, -0.1) is 0 Å². The van der Waals surface area contributed by atoms with Gasteiger partial charge in [0.1, 0.15) is 0 Å². The number of rotatable bonds is 7. The van der Waals surface area contributed by atoms with Crippen molar-refractivity contribution in [3.8, 4) is 0 Å². The summed E-state index contributed by atoms with van der Waals surface area (Å²) in [7, 11) is 0. The van der Waals surface area contributed by atoms with E-state index in [1.54, 1.807) is 4.90 Å². The molecule has 0 saturated carbocycles. The van der Waals surface area contributed by atoms with Crippen LogP contribution >= 0.6 is 0 Å². The van der Waals surface area contributed by atoms with E-state index in [1.807, 2.05) is 25.1 Å². The molecule has 0 spiro atoms. The van der Waals surface area contributed by atoms with Gasteiger partial charge in [-0.05, 0) is 25.3 Å². The van der Waals surface area contributed by atoms with E-state index in [-0.39, 0.29) is 30.1 Å². The fourth-order valence-electron chi connectivity index (χ4n) is 2.86. The van der Waals surface area contributed by atoms with Crippen molar-refractivity contribution < 1.29 is 18.8 Å². The Labute approximate surface area is 157 Å². The number of benzene rings is 1. The van der Waals surface area contributed by atoms with Crippen molar-refractivity contribution in [3.63, 3.8) is 0 Å². The van der Waals surface area contributed by atoms with Crippen LogP contribution in [-0.2, 0) is 22.4 Å². The molecule has 2 aromatic rings. The summed E-state index contributed by atoms with van der Waals surface area (Å²) < 4.78 is 10.2. The molecule has 0 bridgehead atoms. The van der Waals surface area contributed by atoms with Gasteiger partial charge >= 0.3 is 11.8 Å². The maximum Gasteiger partial charge on any atom is 0.315 e. The van der Waals surface area contributed by atoms with Gasteiger partial charge in [0.25, 0.3) is 0 Å². The summed E-state index contributed by atoms with van der Waals surface area (Å²) in [6, 6.07) is 10.1. The summed E-state index contributed by atoms with van der Waals surface area (Å²) in [5, 5.41) is 6.60. The quantitative estimate of drug-likeness (QED) is 0.785. The number of nitrogens with zero attached hydrogens (tertiary/aromatic N) is 3. The van der Waals surface area contributed by atoms with Crippen LogP contribution < -0.4 is 5.32 Å². The Morgan fingerprint density at radius 1 is 1.22 bits per heavy atom. The molecule has 0 aliphatic carbocycles. The zero-order valence-electron chi connectivity index (χ0n) is 15.4. The molecule has 1 aromatic heterocycles. The van der Waals surface area contributed by atoms with Crippen LogP contribution in [0.3, 0.4) is 0 Å². The lowest BCUT2D eigenvalue weighted by Crippen LogP contribution is -2.41. The lowest BCUT2D eigenvalue weighted by Gasteiger charge is -2.26. The van der Waals surface area contributed by atoms with Gasteiger partial charge in [0.05, 0.1) is 19.6 Å². The Morgan fingerprint density at radius 2 is 1.96 bits per heavy atom. The van der Waals surface area contributed by atoms with Crippen LogP contribution in [0.25, 0.3) is 0 Å². The van der Waals surface area contributed by atoms with E-state index in [4.69, 9.17) is 9.26 Å². The zero-order valence-corrected chi connectivity index (χ0v) is 15.4. The largest absolute Gasteiger partial charge is 0.378 e. The minimum absolute atomic E-state index is 0.0142. The highest BCUT2D eigenvalue weighted by molar-refractivity contribution is 5.89. The number of morpholine rings is 1. The number of carbonyl (C=O) groups excluding carboxylic acids is 2. The minimum Gasteiger partial charge on any atom is -0.378 e. The highest BCUT2D eigenvalue weighted by Gasteiger charge is 2.22. The number of ether oxygens (including phenoxy) is 1. The van der Waals surface area contributed by atoms with E-state index in [0.717, 1.165) is 12.8 Å². The molecule has 1 fully saturated rings. The number of hydrogen-bond donors (Lipinski definition) is 1. The molecular formula is C19H24N4O4. The number of carbonyl (C=O) groups is 2. The second kappa shape index (κ2) is 9.27. The van der Waals surface area contributed by atoms with Crippen LogP contribution in [0.15, 0.2) is 34.9 Å². The Morgan fingerprint density at radius 3 is 2.70 bits per heavy atom. The molecule has 8 nitrogen and oxygen atoms in total. The summed E-state index contributed by atoms with van der Waals surface area (Å²) in [4.78, 5) is 30.2. The predicted molar refractivity (Wildman–Crippen MR) is 97.1 cm³/mol. The number of amides is 2. The van der Waals surface area contributed by atoms with Gasteiger partial charge in [0.15, 0.2) is 5.82 Å². The van der Waals surface area contributed by atoms with Crippen LogP contribution in [0.1, 0.15) is 35.4 Å². The lowest BCUT2D eigenvalue weighted by atomic mass is 10.1. The zero-order chi connectivity index (χ0) is 19.1. The first-order chi connectivity index (χ1) is 13.1. The molecule has 1 aliphatic heterocycles. The van der Waals surface area contributed by atoms with Crippen molar-refractivity contribution in [2.24, 2.45) is 0 Å². The van der Waals surface area contributed by atoms with Gasteiger partial charge in [-0.1, -0.05) is 35.5 Å². The molecule has 1 N–H and O–H groups in total. The minimum atomic E-state index is -0.423. The first-order valence-corrected chi connectivity index (χ1v) is 9.14. The van der Waals surface area contributed by atoms with Gasteiger partial charge in [-0.3, -0.25) is 9.59 Å². The molecule has 2 heterocycles. The van der Waals surface area contributed by atoms with Gasteiger partial charge in [-0.2, -0.15) is 4.98 Å². The van der Waals surface area contributed by atoms with Gasteiger partial charge in [0.2, 0.25) is 5.91 Å². The van der Waals surface area contributed by atoms with Crippen molar-refractivity contribution in [1.29, 1.82) is 0 Å². The lowest BCUT2D eigenvalue weighted by molar-refractivity contribution is -0.134. The molecule has 1 saturated heterocycles. The number of hydrogen-bond acceptors (Lipinski definition) is 6. The molecule has 2 amide bonds. The van der Waals surface area contributed by atoms with E-state index in [2.05, 4.69) is 27.6 Å². The third-order valence-corrected chi connectivity index (χ3v) is 4.42. The first kappa shape index (κ1) is 19.0. The smallest absolute Gasteiger partial charge is 0.315 e. The van der Waals surface area contributed by atoms with Gasteiger partial charge in [0, 0.05) is 19.1 Å². The van der Waals surface area contributed by atoms with Crippen LogP contribution in [0, 0.1) is 0 Å². The molecule has 1 aliphatic rings. The predicted octanol–water partition coefficient (Wildman–Crippen LogP) is 1.22. The monoisotopic (exact) mass is 372 g/mol. The summed E-state index contributed by atoms with van der Waals surface area (Å²) in [5.41, 5.74) is 1.22. The molecule has 0 radical (unpaired) electrons. The molecule has 27 heavy (non-hydrogen) atoms. The third-order valence-electron chi connectivity index (χ3n) is 4.42. The van der Waals surface area contributed by atoms with Crippen molar-refractivity contribution in [3.05, 3.63) is 47.6 Å². The fraction of sp³-hybridized carbons (Fsp3) is 0.474. The fourth-order valence-corrected chi connectivity index (χ4v) is 2.86. The second-order valence-electron chi connectivity index (χ2n) is 6.58. The number of nitrogens with one attached hydrogen (secondary N) is 1. The number of aryl methyl sites for hydroxylation is 1. The Kier molecular flexibility index (Phi) is 6.54. The molecular weight excluding hydrogens is 348 g/mol. The molecule has 144 valence electrons. The molecule has 3 rings (SSSR count). The third kappa shape index (κ3) is 5.62. The van der Waals surface area contributed by atoms with Crippen molar-refractivity contribution >= 4 is 11.8 Å². The average Bonchev–Trinajstić information content (AvgIpc) is 3.16. The van der Waals surface area contributed by atoms with Crippen molar-refractivity contribution in [2.75, 3.05) is 26.3 Å². The van der Waals surface area contributed by atoms with E-state index in [9.17, 15) is 9.59 Å².